The summed E-state index contributed by atoms with van der Waals surface area (Å²) >= 11 is 2.94. The van der Waals surface area contributed by atoms with Gasteiger partial charge in [0.05, 0.1) is 4.92 Å². The Morgan fingerprint density at radius 2 is 1.53 bits per heavy atom. The second-order valence-corrected chi connectivity index (χ2v) is 3.47. The summed E-state index contributed by atoms with van der Waals surface area (Å²) in [5.74, 6) is 1.48. The summed E-state index contributed by atoms with van der Waals surface area (Å²) in [6, 6.07) is 14.5. The molecule has 2 rings (SSSR count). The molecule has 0 unspecified atom stereocenters. The van der Waals surface area contributed by atoms with Crippen molar-refractivity contribution in [2.75, 3.05) is 5.83 Å². The van der Waals surface area contributed by atoms with Crippen LogP contribution in [0.1, 0.15) is 15.9 Å². The van der Waals surface area contributed by atoms with Gasteiger partial charge in [-0.15, -0.1) is 0 Å². The van der Waals surface area contributed by atoms with E-state index in [0.29, 0.717) is 5.56 Å². The Bertz CT molecular complexity index is 570. The Morgan fingerprint density at radius 3 is 2.11 bits per heavy atom. The van der Waals surface area contributed by atoms with Crippen molar-refractivity contribution in [3.05, 3.63) is 75.8 Å². The van der Waals surface area contributed by atoms with Crippen LogP contribution in [0.2, 0.25) is 0 Å². The van der Waals surface area contributed by atoms with Gasteiger partial charge in [-0.25, -0.2) is 0 Å². The van der Waals surface area contributed by atoms with E-state index >= 15 is 0 Å². The van der Waals surface area contributed by atoms with Gasteiger partial charge in [0, 0.05) is 11.6 Å². The molecular formula is C14H12BrNO3. The zero-order valence-corrected chi connectivity index (χ0v) is 11.8. The average molecular weight is 322 g/mol. The third kappa shape index (κ3) is 3.72. The number of halogens is 1. The van der Waals surface area contributed by atoms with E-state index in [-0.39, 0.29) is 17.0 Å². The lowest BCUT2D eigenvalue weighted by Gasteiger charge is -2.01. The van der Waals surface area contributed by atoms with Gasteiger partial charge < -0.3 is 0 Å². The van der Waals surface area contributed by atoms with Crippen LogP contribution in [0, 0.1) is 10.1 Å². The minimum Gasteiger partial charge on any atom is -0.288 e. The molecule has 0 radical (unpaired) electrons. The molecule has 0 saturated carbocycles. The SMILES string of the molecule is CBr.O=C(c1ccccc1)c1ccccc1[N+](=O)[O-]. The summed E-state index contributed by atoms with van der Waals surface area (Å²) in [5.41, 5.74) is 0.395. The van der Waals surface area contributed by atoms with Crippen molar-refractivity contribution in [2.45, 2.75) is 0 Å². The van der Waals surface area contributed by atoms with Crippen molar-refractivity contribution in [3.63, 3.8) is 0 Å². The van der Waals surface area contributed by atoms with Crippen molar-refractivity contribution in [2.24, 2.45) is 0 Å². The number of rotatable bonds is 3. The first-order valence-corrected chi connectivity index (χ1v) is 6.99. The third-order valence-electron chi connectivity index (χ3n) is 2.38. The van der Waals surface area contributed by atoms with Gasteiger partial charge in [0.15, 0.2) is 5.78 Å². The Labute approximate surface area is 119 Å². The molecule has 0 aromatic heterocycles. The first kappa shape index (κ1) is 15.0. The van der Waals surface area contributed by atoms with Gasteiger partial charge in [0.25, 0.3) is 5.69 Å². The molecule has 2 aromatic rings. The molecule has 0 saturated heterocycles. The zero-order chi connectivity index (χ0) is 14.3. The maximum Gasteiger partial charge on any atom is 0.280 e. The van der Waals surface area contributed by atoms with E-state index in [1.54, 1.807) is 42.5 Å². The van der Waals surface area contributed by atoms with Crippen molar-refractivity contribution in [1.29, 1.82) is 0 Å². The van der Waals surface area contributed by atoms with Crippen molar-refractivity contribution >= 4 is 27.4 Å². The van der Waals surface area contributed by atoms with Crippen molar-refractivity contribution < 1.29 is 9.72 Å². The largest absolute Gasteiger partial charge is 0.288 e. The van der Waals surface area contributed by atoms with Crippen LogP contribution < -0.4 is 0 Å². The van der Waals surface area contributed by atoms with E-state index < -0.39 is 4.92 Å². The summed E-state index contributed by atoms with van der Waals surface area (Å²) in [6.07, 6.45) is 0. The van der Waals surface area contributed by atoms with Gasteiger partial charge >= 0.3 is 0 Å². The lowest BCUT2D eigenvalue weighted by Crippen LogP contribution is -2.04. The first-order valence-electron chi connectivity index (χ1n) is 5.41. The number of carbonyl (C=O) groups excluding carboxylic acids is 1. The zero-order valence-electron chi connectivity index (χ0n) is 10.2. The van der Waals surface area contributed by atoms with Crippen LogP contribution in [0.25, 0.3) is 0 Å². The topological polar surface area (TPSA) is 60.2 Å². The molecule has 98 valence electrons. The molecule has 4 nitrogen and oxygen atoms in total. The number of carbonyl (C=O) groups is 1. The fourth-order valence-electron chi connectivity index (χ4n) is 1.57. The van der Waals surface area contributed by atoms with E-state index in [0.717, 1.165) is 0 Å². The molecule has 0 bridgehead atoms. The van der Waals surface area contributed by atoms with E-state index in [9.17, 15) is 14.9 Å². The minimum absolute atomic E-state index is 0.115. The second-order valence-electron chi connectivity index (χ2n) is 3.47. The van der Waals surface area contributed by atoms with Crippen molar-refractivity contribution in [3.8, 4) is 0 Å². The number of alkyl halides is 1. The maximum absolute atomic E-state index is 12.1. The Morgan fingerprint density at radius 1 is 1.00 bits per heavy atom. The highest BCUT2D eigenvalue weighted by molar-refractivity contribution is 9.08. The number of nitrogens with zero attached hydrogens (tertiary/aromatic N) is 1. The number of para-hydroxylation sites is 1. The minimum atomic E-state index is -0.545. The van der Waals surface area contributed by atoms with Crippen molar-refractivity contribution in [1.82, 2.24) is 0 Å². The molecule has 0 atom stereocenters. The van der Waals surface area contributed by atoms with Gasteiger partial charge in [0.1, 0.15) is 5.56 Å². The molecule has 0 fully saturated rings. The highest BCUT2D eigenvalue weighted by Gasteiger charge is 2.19. The van der Waals surface area contributed by atoms with Crippen LogP contribution in [0.5, 0.6) is 0 Å². The summed E-state index contributed by atoms with van der Waals surface area (Å²) in [7, 11) is 0. The van der Waals surface area contributed by atoms with Crippen LogP contribution in [0.3, 0.4) is 0 Å². The van der Waals surface area contributed by atoms with Gasteiger partial charge in [0.2, 0.25) is 0 Å². The quantitative estimate of drug-likeness (QED) is 0.373. The summed E-state index contributed by atoms with van der Waals surface area (Å²) in [5, 5.41) is 10.8. The fraction of sp³-hybridized carbons (Fsp3) is 0.0714. The molecule has 5 heteroatoms. The molecule has 0 N–H and O–H groups in total. The predicted molar refractivity (Wildman–Crippen MR) is 77.8 cm³/mol. The maximum atomic E-state index is 12.1. The molecule has 0 spiro atoms. The lowest BCUT2D eigenvalue weighted by molar-refractivity contribution is -0.385. The monoisotopic (exact) mass is 321 g/mol. The molecule has 19 heavy (non-hydrogen) atoms. The molecule has 0 aliphatic heterocycles. The highest BCUT2D eigenvalue weighted by atomic mass is 79.9. The van der Waals surface area contributed by atoms with Crippen LogP contribution >= 0.6 is 15.9 Å². The number of nitro benzene ring substituents is 1. The molecule has 0 aliphatic rings. The summed E-state index contributed by atoms with van der Waals surface area (Å²) < 4.78 is 0. The van der Waals surface area contributed by atoms with Gasteiger partial charge in [-0.1, -0.05) is 58.4 Å². The molecule has 0 heterocycles. The van der Waals surface area contributed by atoms with Gasteiger partial charge in [-0.3, -0.25) is 14.9 Å². The average Bonchev–Trinajstić information content (AvgIpc) is 2.49. The summed E-state index contributed by atoms with van der Waals surface area (Å²) in [4.78, 5) is 22.3. The van der Waals surface area contributed by atoms with Crippen LogP contribution in [0.4, 0.5) is 5.69 Å². The normalized spacial score (nSPS) is 9.16. The smallest absolute Gasteiger partial charge is 0.280 e. The number of hydrogen-bond acceptors (Lipinski definition) is 3. The summed E-state index contributed by atoms with van der Waals surface area (Å²) in [6.45, 7) is 0. The van der Waals surface area contributed by atoms with Crippen LogP contribution in [0.15, 0.2) is 54.6 Å². The molecule has 0 aliphatic carbocycles. The van der Waals surface area contributed by atoms with Crippen LogP contribution in [-0.4, -0.2) is 16.5 Å². The Hall–Kier alpha value is -2.01. The molecule has 0 amide bonds. The van der Waals surface area contributed by atoms with E-state index in [2.05, 4.69) is 15.9 Å². The number of ketones is 1. The second kappa shape index (κ2) is 7.43. The van der Waals surface area contributed by atoms with E-state index in [4.69, 9.17) is 0 Å². The van der Waals surface area contributed by atoms with Gasteiger partial charge in [-0.05, 0) is 11.9 Å². The Balaban J connectivity index is 0.000000861. The third-order valence-corrected chi connectivity index (χ3v) is 2.38. The number of hydrogen-bond donors (Lipinski definition) is 0. The molecule has 2 aromatic carbocycles. The fourth-order valence-corrected chi connectivity index (χ4v) is 1.57. The lowest BCUT2D eigenvalue weighted by atomic mass is 10.0. The Kier molecular flexibility index (Phi) is 5.89. The van der Waals surface area contributed by atoms with Gasteiger partial charge in [-0.2, -0.15) is 0 Å². The van der Waals surface area contributed by atoms with E-state index in [1.807, 2.05) is 5.83 Å². The van der Waals surface area contributed by atoms with Crippen LogP contribution in [-0.2, 0) is 0 Å². The number of nitro groups is 1. The first-order chi connectivity index (χ1) is 9.20. The highest BCUT2D eigenvalue weighted by Crippen LogP contribution is 2.20. The van der Waals surface area contributed by atoms with E-state index in [1.165, 1.54) is 12.1 Å². The number of benzene rings is 2. The molecular weight excluding hydrogens is 310 g/mol. The predicted octanol–water partition coefficient (Wildman–Crippen LogP) is 3.84. The standard InChI is InChI=1S/C13H9NO3.CH3Br/c15-13(10-6-2-1-3-7-10)11-8-4-5-9-12(11)14(16)17;1-2/h1-9H;1H3.